The molecule has 104 valence electrons. The van der Waals surface area contributed by atoms with Crippen LogP contribution in [0.1, 0.15) is 6.92 Å². The summed E-state index contributed by atoms with van der Waals surface area (Å²) < 4.78 is 10.8. The minimum absolute atomic E-state index is 0.224. The quantitative estimate of drug-likeness (QED) is 0.909. The van der Waals surface area contributed by atoms with Crippen LogP contribution in [0.3, 0.4) is 0 Å². The van der Waals surface area contributed by atoms with Crippen LogP contribution in [0.25, 0.3) is 0 Å². The highest BCUT2D eigenvalue weighted by Gasteiger charge is 2.16. The third-order valence-corrected chi connectivity index (χ3v) is 2.79. The van der Waals surface area contributed by atoms with Crippen LogP contribution in [0.15, 0.2) is 54.6 Å². The van der Waals surface area contributed by atoms with Crippen LogP contribution < -0.4 is 14.8 Å². The molecule has 4 heteroatoms. The van der Waals surface area contributed by atoms with E-state index < -0.39 is 6.10 Å². The van der Waals surface area contributed by atoms with E-state index in [4.69, 9.17) is 9.47 Å². The van der Waals surface area contributed by atoms with Crippen molar-refractivity contribution in [2.75, 3.05) is 12.4 Å². The number of benzene rings is 2. The van der Waals surface area contributed by atoms with Crippen molar-refractivity contribution in [3.63, 3.8) is 0 Å². The van der Waals surface area contributed by atoms with Gasteiger partial charge < -0.3 is 14.8 Å². The van der Waals surface area contributed by atoms with Crippen molar-refractivity contribution in [3.05, 3.63) is 54.6 Å². The molecule has 4 nitrogen and oxygen atoms in total. The number of amides is 1. The Balaban J connectivity index is 2.01. The van der Waals surface area contributed by atoms with Crippen LogP contribution in [-0.4, -0.2) is 19.1 Å². The average molecular weight is 271 g/mol. The van der Waals surface area contributed by atoms with E-state index in [2.05, 4.69) is 5.32 Å². The van der Waals surface area contributed by atoms with E-state index in [-0.39, 0.29) is 5.91 Å². The first kappa shape index (κ1) is 13.9. The fourth-order valence-electron chi connectivity index (χ4n) is 1.74. The molecule has 0 aromatic heterocycles. The molecule has 0 fully saturated rings. The second-order valence-electron chi connectivity index (χ2n) is 4.26. The maximum Gasteiger partial charge on any atom is 0.265 e. The van der Waals surface area contributed by atoms with Crippen molar-refractivity contribution in [1.82, 2.24) is 0 Å². The van der Waals surface area contributed by atoms with Crippen LogP contribution in [0.4, 0.5) is 5.69 Å². The van der Waals surface area contributed by atoms with Gasteiger partial charge in [-0.2, -0.15) is 0 Å². The molecule has 0 bridgehead atoms. The Morgan fingerprint density at radius 2 is 1.70 bits per heavy atom. The summed E-state index contributed by atoms with van der Waals surface area (Å²) in [6.07, 6.45) is -0.595. The number of hydrogen-bond acceptors (Lipinski definition) is 3. The van der Waals surface area contributed by atoms with E-state index in [1.54, 1.807) is 26.2 Å². The van der Waals surface area contributed by atoms with Gasteiger partial charge in [0.05, 0.1) is 12.8 Å². The molecule has 2 aromatic carbocycles. The molecule has 0 heterocycles. The summed E-state index contributed by atoms with van der Waals surface area (Å²) in [5.74, 6) is 1.06. The second-order valence-corrected chi connectivity index (χ2v) is 4.26. The van der Waals surface area contributed by atoms with Gasteiger partial charge in [0.15, 0.2) is 6.10 Å². The minimum atomic E-state index is -0.595. The van der Waals surface area contributed by atoms with Gasteiger partial charge in [-0.25, -0.2) is 0 Å². The molecular formula is C16H17NO3. The lowest BCUT2D eigenvalue weighted by Gasteiger charge is -2.16. The van der Waals surface area contributed by atoms with Gasteiger partial charge in [-0.05, 0) is 31.2 Å². The lowest BCUT2D eigenvalue weighted by Crippen LogP contribution is -2.30. The first-order chi connectivity index (χ1) is 9.70. The van der Waals surface area contributed by atoms with E-state index in [1.165, 1.54) is 0 Å². The number of anilines is 1. The SMILES string of the molecule is COc1ccccc1NC(=O)[C@H](C)Oc1ccccc1. The van der Waals surface area contributed by atoms with E-state index in [1.807, 2.05) is 42.5 Å². The zero-order chi connectivity index (χ0) is 14.4. The van der Waals surface area contributed by atoms with E-state index in [0.29, 0.717) is 17.2 Å². The Bertz CT molecular complexity index is 569. The van der Waals surface area contributed by atoms with Crippen LogP contribution in [-0.2, 0) is 4.79 Å². The smallest absolute Gasteiger partial charge is 0.265 e. The second kappa shape index (κ2) is 6.61. The molecule has 0 aliphatic rings. The molecule has 1 N–H and O–H groups in total. The first-order valence-electron chi connectivity index (χ1n) is 6.36. The predicted molar refractivity (Wildman–Crippen MR) is 78.2 cm³/mol. The lowest BCUT2D eigenvalue weighted by atomic mass is 10.2. The first-order valence-corrected chi connectivity index (χ1v) is 6.36. The van der Waals surface area contributed by atoms with Crippen molar-refractivity contribution >= 4 is 11.6 Å². The van der Waals surface area contributed by atoms with E-state index in [9.17, 15) is 4.79 Å². The Morgan fingerprint density at radius 1 is 1.05 bits per heavy atom. The predicted octanol–water partition coefficient (Wildman–Crippen LogP) is 3.10. The number of para-hydroxylation sites is 3. The van der Waals surface area contributed by atoms with Crippen molar-refractivity contribution in [3.8, 4) is 11.5 Å². The average Bonchev–Trinajstić information content (AvgIpc) is 2.48. The van der Waals surface area contributed by atoms with Crippen LogP contribution in [0.5, 0.6) is 11.5 Å². The summed E-state index contributed by atoms with van der Waals surface area (Å²) in [5.41, 5.74) is 0.628. The molecule has 0 saturated carbocycles. The van der Waals surface area contributed by atoms with Gasteiger partial charge in [0.1, 0.15) is 11.5 Å². The molecule has 20 heavy (non-hydrogen) atoms. The van der Waals surface area contributed by atoms with Crippen LogP contribution in [0, 0.1) is 0 Å². The fourth-order valence-corrected chi connectivity index (χ4v) is 1.74. The largest absolute Gasteiger partial charge is 0.495 e. The van der Waals surface area contributed by atoms with Crippen molar-refractivity contribution in [1.29, 1.82) is 0 Å². The topological polar surface area (TPSA) is 47.6 Å². The summed E-state index contributed by atoms with van der Waals surface area (Å²) in [6, 6.07) is 16.5. The summed E-state index contributed by atoms with van der Waals surface area (Å²) >= 11 is 0. The highest BCUT2D eigenvalue weighted by molar-refractivity contribution is 5.95. The van der Waals surface area contributed by atoms with Gasteiger partial charge in [0, 0.05) is 0 Å². The van der Waals surface area contributed by atoms with Gasteiger partial charge in [-0.15, -0.1) is 0 Å². The van der Waals surface area contributed by atoms with E-state index in [0.717, 1.165) is 0 Å². The molecule has 2 rings (SSSR count). The van der Waals surface area contributed by atoms with Gasteiger partial charge in [-0.1, -0.05) is 30.3 Å². The van der Waals surface area contributed by atoms with Crippen molar-refractivity contribution in [2.45, 2.75) is 13.0 Å². The molecular weight excluding hydrogens is 254 g/mol. The molecule has 2 aromatic rings. The van der Waals surface area contributed by atoms with Gasteiger partial charge in [0.25, 0.3) is 5.91 Å². The van der Waals surface area contributed by atoms with Crippen molar-refractivity contribution < 1.29 is 14.3 Å². The number of nitrogens with one attached hydrogen (secondary N) is 1. The standard InChI is InChI=1S/C16H17NO3/c1-12(20-13-8-4-3-5-9-13)16(18)17-14-10-6-7-11-15(14)19-2/h3-12H,1-2H3,(H,17,18)/t12-/m0/s1. The Kier molecular flexibility index (Phi) is 4.60. The maximum atomic E-state index is 12.1. The van der Waals surface area contributed by atoms with Crippen LogP contribution >= 0.6 is 0 Å². The Morgan fingerprint density at radius 3 is 2.40 bits per heavy atom. The van der Waals surface area contributed by atoms with E-state index >= 15 is 0 Å². The van der Waals surface area contributed by atoms with Gasteiger partial charge >= 0.3 is 0 Å². The Labute approximate surface area is 118 Å². The van der Waals surface area contributed by atoms with Crippen LogP contribution in [0.2, 0.25) is 0 Å². The summed E-state index contributed by atoms with van der Waals surface area (Å²) in [7, 11) is 1.56. The normalized spacial score (nSPS) is 11.5. The molecule has 0 unspecified atom stereocenters. The number of hydrogen-bond donors (Lipinski definition) is 1. The number of methoxy groups -OCH3 is 1. The number of ether oxygens (including phenoxy) is 2. The molecule has 0 radical (unpaired) electrons. The third-order valence-electron chi connectivity index (χ3n) is 2.79. The van der Waals surface area contributed by atoms with Gasteiger partial charge in [-0.3, -0.25) is 4.79 Å². The summed E-state index contributed by atoms with van der Waals surface area (Å²) in [4.78, 5) is 12.1. The number of carbonyl (C=O) groups is 1. The Hall–Kier alpha value is -2.49. The molecule has 0 aliphatic carbocycles. The molecule has 0 saturated heterocycles. The highest BCUT2D eigenvalue weighted by atomic mass is 16.5. The van der Waals surface area contributed by atoms with Gasteiger partial charge in [0.2, 0.25) is 0 Å². The monoisotopic (exact) mass is 271 g/mol. The summed E-state index contributed by atoms with van der Waals surface area (Å²) in [5, 5.41) is 2.79. The number of rotatable bonds is 5. The van der Waals surface area contributed by atoms with Crippen molar-refractivity contribution in [2.24, 2.45) is 0 Å². The zero-order valence-corrected chi connectivity index (χ0v) is 11.5. The highest BCUT2D eigenvalue weighted by Crippen LogP contribution is 2.23. The molecule has 0 spiro atoms. The fraction of sp³-hybridized carbons (Fsp3) is 0.188. The lowest BCUT2D eigenvalue weighted by molar-refractivity contribution is -0.122. The zero-order valence-electron chi connectivity index (χ0n) is 11.5. The third kappa shape index (κ3) is 3.51. The minimum Gasteiger partial charge on any atom is -0.495 e. The molecule has 1 amide bonds. The summed E-state index contributed by atoms with van der Waals surface area (Å²) in [6.45, 7) is 1.71. The molecule has 1 atom stereocenters. The maximum absolute atomic E-state index is 12.1. The molecule has 0 aliphatic heterocycles. The number of carbonyl (C=O) groups excluding carboxylic acids is 1.